The summed E-state index contributed by atoms with van der Waals surface area (Å²) in [6, 6.07) is 4.21. The van der Waals surface area contributed by atoms with Crippen LogP contribution in [0, 0.1) is 10.1 Å². The molecule has 0 bridgehead atoms. The summed E-state index contributed by atoms with van der Waals surface area (Å²) >= 11 is 0. The van der Waals surface area contributed by atoms with Gasteiger partial charge >= 0.3 is 5.69 Å². The van der Waals surface area contributed by atoms with Crippen molar-refractivity contribution in [1.29, 1.82) is 0 Å². The minimum Gasteiger partial charge on any atom is -0.540 e. The molecule has 0 N–H and O–H groups in total. The topological polar surface area (TPSA) is 69.4 Å². The lowest BCUT2D eigenvalue weighted by Crippen LogP contribution is -2.29. The summed E-state index contributed by atoms with van der Waals surface area (Å²) in [4.78, 5) is 20.8. The molecular formula is C10H13NO4Si. The van der Waals surface area contributed by atoms with Gasteiger partial charge in [-0.1, -0.05) is 0 Å². The molecule has 86 valence electrons. The van der Waals surface area contributed by atoms with Gasteiger partial charge in [0.05, 0.1) is 4.92 Å². The molecule has 0 unspecified atom stereocenters. The van der Waals surface area contributed by atoms with Crippen LogP contribution in [0.2, 0.25) is 19.6 Å². The number of benzene rings is 1. The standard InChI is InChI=1S/C10H13NO4Si/c1-16(2,3)15-10-5-4-8(7-12)6-9(10)11(13)14/h4-7H,1-3H3. The maximum Gasteiger partial charge on any atom is 0.310 e. The summed E-state index contributed by atoms with van der Waals surface area (Å²) < 4.78 is 5.57. The van der Waals surface area contributed by atoms with Gasteiger partial charge in [0.1, 0.15) is 6.29 Å². The van der Waals surface area contributed by atoms with Gasteiger partial charge in [-0.05, 0) is 31.8 Å². The van der Waals surface area contributed by atoms with Gasteiger partial charge in [0.25, 0.3) is 0 Å². The Morgan fingerprint density at radius 2 is 2.00 bits per heavy atom. The molecule has 5 nitrogen and oxygen atoms in total. The van der Waals surface area contributed by atoms with Crippen LogP contribution in [-0.2, 0) is 0 Å². The van der Waals surface area contributed by atoms with Gasteiger partial charge in [0, 0.05) is 11.6 Å². The number of nitro benzene ring substituents is 1. The summed E-state index contributed by atoms with van der Waals surface area (Å²) in [5.74, 6) is 0.231. The average Bonchev–Trinajstić information content (AvgIpc) is 2.15. The Bertz CT molecular complexity index is 425. The molecule has 0 radical (unpaired) electrons. The van der Waals surface area contributed by atoms with Gasteiger partial charge < -0.3 is 4.43 Å². The summed E-state index contributed by atoms with van der Waals surface area (Å²) in [7, 11) is -1.90. The third-order valence-corrected chi connectivity index (χ3v) is 2.56. The Labute approximate surface area is 94.3 Å². The molecule has 0 saturated heterocycles. The summed E-state index contributed by atoms with van der Waals surface area (Å²) in [5, 5.41) is 10.8. The first-order chi connectivity index (χ1) is 7.33. The number of carbonyl (C=O) groups is 1. The van der Waals surface area contributed by atoms with Gasteiger partial charge in [-0.2, -0.15) is 0 Å². The average molecular weight is 239 g/mol. The van der Waals surface area contributed by atoms with Gasteiger partial charge in [-0.3, -0.25) is 14.9 Å². The van der Waals surface area contributed by atoms with Crippen molar-refractivity contribution in [2.45, 2.75) is 19.6 Å². The first-order valence-corrected chi connectivity index (χ1v) is 8.17. The second-order valence-electron chi connectivity index (χ2n) is 4.32. The molecule has 0 aliphatic rings. The van der Waals surface area contributed by atoms with Crippen LogP contribution in [0.25, 0.3) is 0 Å². The smallest absolute Gasteiger partial charge is 0.310 e. The molecule has 0 amide bonds. The van der Waals surface area contributed by atoms with E-state index < -0.39 is 13.2 Å². The highest BCUT2D eigenvalue weighted by molar-refractivity contribution is 6.70. The van der Waals surface area contributed by atoms with Crippen LogP contribution in [0.15, 0.2) is 18.2 Å². The van der Waals surface area contributed by atoms with Gasteiger partial charge in [-0.15, -0.1) is 0 Å². The lowest BCUT2D eigenvalue weighted by Gasteiger charge is -2.18. The molecule has 0 heterocycles. The van der Waals surface area contributed by atoms with Crippen molar-refractivity contribution in [1.82, 2.24) is 0 Å². The fourth-order valence-corrected chi connectivity index (χ4v) is 2.00. The van der Waals surface area contributed by atoms with Crippen molar-refractivity contribution in [3.05, 3.63) is 33.9 Å². The van der Waals surface area contributed by atoms with Crippen molar-refractivity contribution in [2.24, 2.45) is 0 Å². The van der Waals surface area contributed by atoms with Crippen molar-refractivity contribution in [3.63, 3.8) is 0 Å². The molecule has 0 aromatic heterocycles. The zero-order valence-electron chi connectivity index (χ0n) is 9.39. The molecule has 16 heavy (non-hydrogen) atoms. The van der Waals surface area contributed by atoms with E-state index in [0.717, 1.165) is 0 Å². The Morgan fingerprint density at radius 1 is 1.38 bits per heavy atom. The second kappa shape index (κ2) is 4.44. The highest BCUT2D eigenvalue weighted by Gasteiger charge is 2.23. The van der Waals surface area contributed by atoms with Crippen LogP contribution < -0.4 is 4.43 Å². The van der Waals surface area contributed by atoms with Crippen LogP contribution in [0.1, 0.15) is 10.4 Å². The third kappa shape index (κ3) is 3.16. The predicted molar refractivity (Wildman–Crippen MR) is 62.5 cm³/mol. The Morgan fingerprint density at radius 3 is 2.44 bits per heavy atom. The molecule has 0 aliphatic carbocycles. The molecule has 0 fully saturated rings. The SMILES string of the molecule is C[Si](C)(C)Oc1ccc(C=O)cc1[N+](=O)[O-]. The van der Waals surface area contributed by atoms with E-state index in [1.807, 2.05) is 19.6 Å². The molecule has 1 rings (SSSR count). The van der Waals surface area contributed by atoms with Gasteiger partial charge in [-0.25, -0.2) is 0 Å². The Balaban J connectivity index is 3.18. The van der Waals surface area contributed by atoms with Crippen molar-refractivity contribution >= 4 is 20.3 Å². The molecular weight excluding hydrogens is 226 g/mol. The van der Waals surface area contributed by atoms with E-state index in [4.69, 9.17) is 4.43 Å². The highest BCUT2D eigenvalue weighted by atomic mass is 28.4. The van der Waals surface area contributed by atoms with E-state index in [1.54, 1.807) is 0 Å². The highest BCUT2D eigenvalue weighted by Crippen LogP contribution is 2.29. The first kappa shape index (κ1) is 12.4. The molecule has 0 aliphatic heterocycles. The van der Waals surface area contributed by atoms with E-state index >= 15 is 0 Å². The van der Waals surface area contributed by atoms with E-state index in [2.05, 4.69) is 0 Å². The fraction of sp³-hybridized carbons (Fsp3) is 0.300. The van der Waals surface area contributed by atoms with E-state index in [-0.39, 0.29) is 17.0 Å². The number of nitro groups is 1. The van der Waals surface area contributed by atoms with Crippen LogP contribution in [0.4, 0.5) is 5.69 Å². The number of rotatable bonds is 4. The largest absolute Gasteiger partial charge is 0.540 e. The molecule has 1 aromatic rings. The number of hydrogen-bond donors (Lipinski definition) is 0. The summed E-state index contributed by atoms with van der Waals surface area (Å²) in [6.07, 6.45) is 0.575. The number of carbonyl (C=O) groups excluding carboxylic acids is 1. The second-order valence-corrected chi connectivity index (χ2v) is 8.75. The number of nitrogens with zero attached hydrogens (tertiary/aromatic N) is 1. The predicted octanol–water partition coefficient (Wildman–Crippen LogP) is 2.62. The van der Waals surface area contributed by atoms with E-state index in [9.17, 15) is 14.9 Å². The first-order valence-electron chi connectivity index (χ1n) is 4.76. The van der Waals surface area contributed by atoms with E-state index in [0.29, 0.717) is 6.29 Å². The molecule has 0 spiro atoms. The Hall–Kier alpha value is -1.69. The summed E-state index contributed by atoms with van der Waals surface area (Å²) in [6.45, 7) is 5.80. The molecule has 1 aromatic carbocycles. The normalized spacial score (nSPS) is 10.9. The van der Waals surface area contributed by atoms with Gasteiger partial charge in [0.15, 0.2) is 5.75 Å². The van der Waals surface area contributed by atoms with Crippen LogP contribution in [0.3, 0.4) is 0 Å². The zero-order chi connectivity index (χ0) is 12.3. The van der Waals surface area contributed by atoms with Crippen molar-refractivity contribution < 1.29 is 14.1 Å². The van der Waals surface area contributed by atoms with E-state index in [1.165, 1.54) is 18.2 Å². The maximum atomic E-state index is 10.8. The minimum absolute atomic E-state index is 0.160. The van der Waals surface area contributed by atoms with Crippen molar-refractivity contribution in [3.8, 4) is 5.75 Å². The molecule has 0 saturated carbocycles. The van der Waals surface area contributed by atoms with Crippen LogP contribution in [0.5, 0.6) is 5.75 Å². The summed E-state index contributed by atoms with van der Waals surface area (Å²) in [5.41, 5.74) is 0.113. The van der Waals surface area contributed by atoms with Crippen molar-refractivity contribution in [2.75, 3.05) is 0 Å². The molecule has 0 atom stereocenters. The number of aldehydes is 1. The van der Waals surface area contributed by atoms with Gasteiger partial charge in [0.2, 0.25) is 8.32 Å². The lowest BCUT2D eigenvalue weighted by atomic mass is 10.2. The van der Waals surface area contributed by atoms with Crippen LogP contribution >= 0.6 is 0 Å². The number of hydrogen-bond acceptors (Lipinski definition) is 4. The van der Waals surface area contributed by atoms with Crippen LogP contribution in [-0.4, -0.2) is 19.5 Å². The molecule has 6 heteroatoms. The lowest BCUT2D eigenvalue weighted by molar-refractivity contribution is -0.385. The Kier molecular flexibility index (Phi) is 3.43. The zero-order valence-corrected chi connectivity index (χ0v) is 10.4. The third-order valence-electron chi connectivity index (χ3n) is 1.73. The monoisotopic (exact) mass is 239 g/mol. The maximum absolute atomic E-state index is 10.8. The fourth-order valence-electron chi connectivity index (χ4n) is 1.17. The quantitative estimate of drug-likeness (QED) is 0.350. The minimum atomic E-state index is -1.90.